The molecule has 1 unspecified atom stereocenters. The number of rotatable bonds is 12. The molecule has 44 heavy (non-hydrogen) atoms. The first-order valence-electron chi connectivity index (χ1n) is 15.1. The zero-order valence-corrected chi connectivity index (χ0v) is 24.4. The lowest BCUT2D eigenvalue weighted by Crippen LogP contribution is -2.41. The van der Waals surface area contributed by atoms with Crippen LogP contribution in [0.3, 0.4) is 0 Å². The first kappa shape index (κ1) is 30.0. The summed E-state index contributed by atoms with van der Waals surface area (Å²) in [5.74, 6) is -1.48. The molecule has 1 saturated carbocycles. The number of nitrogens with one attached hydrogen (secondary N) is 2. The molecule has 0 radical (unpaired) electrons. The quantitative estimate of drug-likeness (QED) is 0.166. The molecule has 1 aromatic heterocycles. The maximum Gasteiger partial charge on any atom is 0.410 e. The summed E-state index contributed by atoms with van der Waals surface area (Å²) in [6.07, 6.45) is 1.11. The van der Waals surface area contributed by atoms with E-state index in [9.17, 15) is 13.6 Å². The Morgan fingerprint density at radius 1 is 1.05 bits per heavy atom. The minimum atomic E-state index is -1.33. The molecule has 1 atom stereocenters. The van der Waals surface area contributed by atoms with Gasteiger partial charge in [0.2, 0.25) is 0 Å². The number of benzene rings is 3. The van der Waals surface area contributed by atoms with Crippen LogP contribution in [0.4, 0.5) is 28.0 Å². The van der Waals surface area contributed by atoms with Crippen LogP contribution in [-0.4, -0.2) is 65.9 Å². The van der Waals surface area contributed by atoms with Gasteiger partial charge in [0, 0.05) is 60.6 Å². The maximum atomic E-state index is 15.9. The molecule has 1 fully saturated rings. The number of aromatic nitrogens is 1. The standard InChI is InChI=1S/C34H36F4N4O2/c35-14-6-16-41(33(43)44-21-23-7-2-1-3-8-23)18-15-39-24-19-27(36)30(28(37)20-24)32-31-26(25-9-4-5-10-29(25)40-31)11-17-42(32)22-34(38)12-13-34/h1-5,7-10,19-20,32,39-40H,6,11-18,21-22H2. The SMILES string of the molecule is O=C(OCc1ccccc1)N(CCCF)CCNc1cc(F)c(C2c3[nH]c4ccccc4c3CCN2CC2(F)CC2)c(F)c1. The lowest BCUT2D eigenvalue weighted by Gasteiger charge is -2.37. The molecule has 6 rings (SSSR count). The highest BCUT2D eigenvalue weighted by Crippen LogP contribution is 2.46. The number of ether oxygens (including phenoxy) is 1. The second-order valence-corrected chi connectivity index (χ2v) is 11.7. The van der Waals surface area contributed by atoms with Crippen LogP contribution in [0.5, 0.6) is 0 Å². The molecule has 0 spiro atoms. The number of H-pyrrole nitrogens is 1. The Hall–Kier alpha value is -4.05. The molecule has 3 aromatic carbocycles. The molecule has 1 amide bonds. The van der Waals surface area contributed by atoms with E-state index in [0.29, 0.717) is 31.5 Å². The van der Waals surface area contributed by atoms with Crippen LogP contribution >= 0.6 is 0 Å². The van der Waals surface area contributed by atoms with Crippen molar-refractivity contribution in [3.8, 4) is 0 Å². The molecular weight excluding hydrogens is 572 g/mol. The number of anilines is 1. The zero-order chi connectivity index (χ0) is 30.7. The minimum absolute atomic E-state index is 0.0803. The fourth-order valence-electron chi connectivity index (χ4n) is 6.08. The molecule has 2 N–H and O–H groups in total. The summed E-state index contributed by atoms with van der Waals surface area (Å²) in [6.45, 7) is 0.543. The molecule has 2 heterocycles. The molecule has 4 aromatic rings. The third kappa shape index (κ3) is 6.55. The summed E-state index contributed by atoms with van der Waals surface area (Å²) in [5, 5.41) is 3.99. The Bertz CT molecular complexity index is 1580. The van der Waals surface area contributed by atoms with Crippen molar-refractivity contribution in [1.29, 1.82) is 0 Å². The van der Waals surface area contributed by atoms with Gasteiger partial charge in [-0.05, 0) is 55.0 Å². The van der Waals surface area contributed by atoms with E-state index in [1.165, 1.54) is 17.0 Å². The maximum absolute atomic E-state index is 15.9. The van der Waals surface area contributed by atoms with E-state index in [4.69, 9.17) is 4.74 Å². The first-order valence-corrected chi connectivity index (χ1v) is 15.1. The summed E-state index contributed by atoms with van der Waals surface area (Å²) < 4.78 is 65.0. The number of fused-ring (bicyclic) bond motifs is 3. The summed E-state index contributed by atoms with van der Waals surface area (Å²) in [6, 6.07) is 18.6. The predicted octanol–water partition coefficient (Wildman–Crippen LogP) is 7.31. The highest BCUT2D eigenvalue weighted by atomic mass is 19.1. The van der Waals surface area contributed by atoms with Crippen molar-refractivity contribution in [2.24, 2.45) is 0 Å². The Morgan fingerprint density at radius 3 is 2.50 bits per heavy atom. The van der Waals surface area contributed by atoms with Crippen LogP contribution in [0, 0.1) is 11.6 Å². The van der Waals surface area contributed by atoms with Crippen LogP contribution in [0.2, 0.25) is 0 Å². The fraction of sp³-hybridized carbons (Fsp3) is 0.382. The van der Waals surface area contributed by atoms with Crippen LogP contribution in [0.1, 0.15) is 47.7 Å². The molecule has 1 aliphatic heterocycles. The number of amides is 1. The topological polar surface area (TPSA) is 60.6 Å². The number of nitrogens with zero attached hydrogens (tertiary/aromatic N) is 2. The molecule has 2 aliphatic rings. The average Bonchev–Trinajstić information content (AvgIpc) is 3.63. The Kier molecular flexibility index (Phi) is 8.79. The zero-order valence-electron chi connectivity index (χ0n) is 24.4. The van der Waals surface area contributed by atoms with Crippen LogP contribution < -0.4 is 5.32 Å². The Labute approximate surface area is 254 Å². The number of halogens is 4. The lowest BCUT2D eigenvalue weighted by atomic mass is 9.91. The van der Waals surface area contributed by atoms with Crippen molar-refractivity contribution < 1.29 is 27.1 Å². The summed E-state index contributed by atoms with van der Waals surface area (Å²) >= 11 is 0. The molecular formula is C34H36F4N4O2. The van der Waals surface area contributed by atoms with Crippen LogP contribution in [0.25, 0.3) is 10.9 Å². The molecule has 0 bridgehead atoms. The van der Waals surface area contributed by atoms with Crippen molar-refractivity contribution in [2.75, 3.05) is 44.7 Å². The first-order chi connectivity index (χ1) is 21.3. The van der Waals surface area contributed by atoms with Gasteiger partial charge < -0.3 is 19.9 Å². The monoisotopic (exact) mass is 608 g/mol. The summed E-state index contributed by atoms with van der Waals surface area (Å²) in [7, 11) is 0. The van der Waals surface area contributed by atoms with Crippen molar-refractivity contribution in [1.82, 2.24) is 14.8 Å². The Balaban J connectivity index is 1.18. The predicted molar refractivity (Wildman–Crippen MR) is 162 cm³/mol. The van der Waals surface area contributed by atoms with Crippen LogP contribution in [0.15, 0.2) is 66.7 Å². The number of hydrogen-bond acceptors (Lipinski definition) is 4. The van der Waals surface area contributed by atoms with Crippen molar-refractivity contribution in [2.45, 2.75) is 44.0 Å². The van der Waals surface area contributed by atoms with E-state index >= 15 is 8.78 Å². The Morgan fingerprint density at radius 2 is 1.77 bits per heavy atom. The largest absolute Gasteiger partial charge is 0.445 e. The van der Waals surface area contributed by atoms with Gasteiger partial charge in [-0.1, -0.05) is 48.5 Å². The number of carbonyl (C=O) groups is 1. The lowest BCUT2D eigenvalue weighted by molar-refractivity contribution is 0.0964. The molecule has 232 valence electrons. The average molecular weight is 609 g/mol. The van der Waals surface area contributed by atoms with Crippen LogP contribution in [-0.2, 0) is 17.8 Å². The number of aromatic amines is 1. The molecule has 0 saturated heterocycles. The van der Waals surface area contributed by atoms with E-state index in [1.54, 1.807) is 0 Å². The van der Waals surface area contributed by atoms with E-state index in [0.717, 1.165) is 22.0 Å². The van der Waals surface area contributed by atoms with Gasteiger partial charge in [0.1, 0.15) is 23.9 Å². The minimum Gasteiger partial charge on any atom is -0.445 e. The van der Waals surface area contributed by atoms with Gasteiger partial charge >= 0.3 is 6.09 Å². The third-order valence-electron chi connectivity index (χ3n) is 8.50. The van der Waals surface area contributed by atoms with Gasteiger partial charge in [-0.25, -0.2) is 18.0 Å². The second kappa shape index (κ2) is 12.9. The summed E-state index contributed by atoms with van der Waals surface area (Å²) in [4.78, 5) is 19.3. The second-order valence-electron chi connectivity index (χ2n) is 11.7. The van der Waals surface area contributed by atoms with Crippen molar-refractivity contribution in [3.63, 3.8) is 0 Å². The van der Waals surface area contributed by atoms with Gasteiger partial charge in [0.05, 0.1) is 12.7 Å². The smallest absolute Gasteiger partial charge is 0.410 e. The van der Waals surface area contributed by atoms with Gasteiger partial charge in [-0.15, -0.1) is 0 Å². The molecule has 1 aliphatic carbocycles. The van der Waals surface area contributed by atoms with Gasteiger partial charge in [0.15, 0.2) is 0 Å². The van der Waals surface area contributed by atoms with E-state index in [1.807, 2.05) is 59.5 Å². The van der Waals surface area contributed by atoms with E-state index < -0.39 is 36.1 Å². The third-order valence-corrected chi connectivity index (χ3v) is 8.50. The highest BCUT2D eigenvalue weighted by Gasteiger charge is 2.47. The number of carbonyl (C=O) groups excluding carboxylic acids is 1. The van der Waals surface area contributed by atoms with Crippen molar-refractivity contribution in [3.05, 3.63) is 101 Å². The van der Waals surface area contributed by atoms with Gasteiger partial charge in [-0.3, -0.25) is 9.29 Å². The van der Waals surface area contributed by atoms with E-state index in [2.05, 4.69) is 10.3 Å². The molecule has 10 heteroatoms. The fourth-order valence-corrected chi connectivity index (χ4v) is 6.08. The summed E-state index contributed by atoms with van der Waals surface area (Å²) in [5.41, 5.74) is 2.15. The van der Waals surface area contributed by atoms with Gasteiger partial charge in [-0.2, -0.15) is 0 Å². The number of hydrogen-bond donors (Lipinski definition) is 2. The normalized spacial score (nSPS) is 17.3. The number of para-hydroxylation sites is 1. The van der Waals surface area contributed by atoms with Crippen molar-refractivity contribution >= 4 is 22.7 Å². The number of alkyl halides is 2. The highest BCUT2D eigenvalue weighted by molar-refractivity contribution is 5.85. The molecule has 6 nitrogen and oxygen atoms in total. The van der Waals surface area contributed by atoms with Gasteiger partial charge in [0.25, 0.3) is 0 Å². The van der Waals surface area contributed by atoms with E-state index in [-0.39, 0.29) is 50.5 Å².